The van der Waals surface area contributed by atoms with Gasteiger partial charge in [-0.2, -0.15) is 0 Å². The molecule has 1 spiro atoms. The Kier molecular flexibility index (Phi) is 7.37. The molecule has 3 unspecified atom stereocenters. The predicted molar refractivity (Wildman–Crippen MR) is 156 cm³/mol. The number of carbonyl (C=O) groups is 3. The van der Waals surface area contributed by atoms with E-state index in [1.807, 2.05) is 60.7 Å². The van der Waals surface area contributed by atoms with Crippen LogP contribution in [0.3, 0.4) is 0 Å². The van der Waals surface area contributed by atoms with Crippen LogP contribution in [0.25, 0.3) is 10.8 Å². The zero-order valence-electron chi connectivity index (χ0n) is 22.0. The Morgan fingerprint density at radius 3 is 2.42 bits per heavy atom. The molecular weight excluding hydrogens is 574 g/mol. The van der Waals surface area contributed by atoms with Crippen LogP contribution < -0.4 is 10.6 Å². The van der Waals surface area contributed by atoms with Crippen molar-refractivity contribution in [2.45, 2.75) is 48.3 Å². The van der Waals surface area contributed by atoms with Crippen molar-refractivity contribution < 1.29 is 24.2 Å². The second kappa shape index (κ2) is 11.0. The summed E-state index contributed by atoms with van der Waals surface area (Å²) < 4.78 is 6.57. The molecule has 9 heteroatoms. The maximum atomic E-state index is 14.1. The van der Waals surface area contributed by atoms with E-state index < -0.39 is 29.6 Å². The molecule has 3 aromatic carbocycles. The minimum Gasteiger partial charge on any atom is -0.396 e. The SMILES string of the molecule is O=C(Nc1ccc2ccccc2c1)C1N(CCCCCO)C(=O)[C@@H]2[C@H](C(=O)Nc3ccccc3)[C@H]3OC12CC3Br. The molecule has 6 rings (SSSR count). The smallest absolute Gasteiger partial charge is 0.250 e. The Morgan fingerprint density at radius 2 is 1.65 bits per heavy atom. The number of hydrogen-bond donors (Lipinski definition) is 3. The van der Waals surface area contributed by atoms with Crippen LogP contribution in [-0.2, 0) is 19.1 Å². The summed E-state index contributed by atoms with van der Waals surface area (Å²) in [7, 11) is 0. The van der Waals surface area contributed by atoms with Gasteiger partial charge in [0.15, 0.2) is 0 Å². The summed E-state index contributed by atoms with van der Waals surface area (Å²) >= 11 is 3.71. The minimum atomic E-state index is -1.12. The lowest BCUT2D eigenvalue weighted by Gasteiger charge is -2.34. The first-order chi connectivity index (χ1) is 19.4. The maximum Gasteiger partial charge on any atom is 0.250 e. The molecule has 0 radical (unpaired) electrons. The molecule has 3 heterocycles. The molecule has 3 aliphatic heterocycles. The van der Waals surface area contributed by atoms with Gasteiger partial charge >= 0.3 is 0 Å². The number of nitrogens with one attached hydrogen (secondary N) is 2. The molecular formula is C31H32BrN3O5. The highest BCUT2D eigenvalue weighted by Gasteiger charge is 2.76. The molecule has 0 aliphatic carbocycles. The molecule has 0 aromatic heterocycles. The quantitative estimate of drug-likeness (QED) is 0.249. The highest BCUT2D eigenvalue weighted by atomic mass is 79.9. The van der Waals surface area contributed by atoms with Crippen LogP contribution in [0.4, 0.5) is 11.4 Å². The standard InChI is InChI=1S/C31H32BrN3O5/c32-23-18-31-25(24(26(23)40-31)28(37)33-21-11-3-1-4-12-21)30(39)35(15-7-2-8-16-36)27(31)29(38)34-22-14-13-19-9-5-6-10-20(19)17-22/h1,3-6,9-14,17,23-27,36H,2,7-8,15-16,18H2,(H,33,37)(H,34,38)/t23?,24-,25-,26-,27?,31?/m0/s1. The number of aliphatic hydroxyl groups excluding tert-OH is 1. The number of amides is 3. The molecule has 3 aromatic rings. The fourth-order valence-corrected chi connectivity index (χ4v) is 7.71. The third-order valence-corrected chi connectivity index (χ3v) is 9.30. The number of nitrogens with zero attached hydrogens (tertiary/aromatic N) is 1. The van der Waals surface area contributed by atoms with Gasteiger partial charge in [0.25, 0.3) is 0 Å². The maximum absolute atomic E-state index is 14.1. The van der Waals surface area contributed by atoms with Crippen molar-refractivity contribution in [1.82, 2.24) is 4.90 Å². The van der Waals surface area contributed by atoms with Gasteiger partial charge < -0.3 is 25.4 Å². The number of para-hydroxylation sites is 1. The van der Waals surface area contributed by atoms with Gasteiger partial charge in [-0.15, -0.1) is 0 Å². The molecule has 2 bridgehead atoms. The van der Waals surface area contributed by atoms with Crippen molar-refractivity contribution >= 4 is 55.8 Å². The molecule has 40 heavy (non-hydrogen) atoms. The van der Waals surface area contributed by atoms with E-state index in [1.54, 1.807) is 17.0 Å². The molecule has 208 valence electrons. The molecule has 3 aliphatic rings. The largest absolute Gasteiger partial charge is 0.396 e. The summed E-state index contributed by atoms with van der Waals surface area (Å²) in [6.07, 6.45) is 1.90. The third kappa shape index (κ3) is 4.60. The van der Waals surface area contributed by atoms with Crippen molar-refractivity contribution in [3.63, 3.8) is 0 Å². The first kappa shape index (κ1) is 26.9. The molecule has 0 saturated carbocycles. The molecule has 3 amide bonds. The van der Waals surface area contributed by atoms with E-state index in [9.17, 15) is 19.5 Å². The van der Waals surface area contributed by atoms with E-state index in [2.05, 4.69) is 26.6 Å². The lowest BCUT2D eigenvalue weighted by atomic mass is 9.70. The number of hydrogen-bond acceptors (Lipinski definition) is 5. The van der Waals surface area contributed by atoms with Gasteiger partial charge in [0.1, 0.15) is 11.6 Å². The van der Waals surface area contributed by atoms with Gasteiger partial charge in [0, 0.05) is 29.4 Å². The number of unbranched alkanes of at least 4 members (excludes halogenated alkanes) is 2. The van der Waals surface area contributed by atoms with Gasteiger partial charge in [-0.1, -0.05) is 64.5 Å². The van der Waals surface area contributed by atoms with E-state index >= 15 is 0 Å². The normalized spacial score (nSPS) is 28.6. The van der Waals surface area contributed by atoms with Crippen LogP contribution in [0.1, 0.15) is 25.7 Å². The number of rotatable bonds is 9. The van der Waals surface area contributed by atoms with Gasteiger partial charge in [0.05, 0.1) is 17.9 Å². The van der Waals surface area contributed by atoms with Crippen LogP contribution in [0.5, 0.6) is 0 Å². The Morgan fingerprint density at radius 1 is 0.925 bits per heavy atom. The van der Waals surface area contributed by atoms with Crippen LogP contribution >= 0.6 is 15.9 Å². The van der Waals surface area contributed by atoms with E-state index in [0.717, 1.165) is 17.2 Å². The fraction of sp³-hybridized carbons (Fsp3) is 0.387. The van der Waals surface area contributed by atoms with Crippen molar-refractivity contribution in [1.29, 1.82) is 0 Å². The summed E-state index contributed by atoms with van der Waals surface area (Å²) in [5.74, 6) is -2.32. The Balaban J connectivity index is 1.32. The average molecular weight is 607 g/mol. The monoisotopic (exact) mass is 605 g/mol. The summed E-state index contributed by atoms with van der Waals surface area (Å²) in [6.45, 7) is 0.422. The zero-order valence-corrected chi connectivity index (χ0v) is 23.5. The predicted octanol–water partition coefficient (Wildman–Crippen LogP) is 4.33. The number of ether oxygens (including phenoxy) is 1. The molecule has 3 fully saturated rings. The summed E-state index contributed by atoms with van der Waals surface area (Å²) in [4.78, 5) is 43.2. The second-order valence-corrected chi connectivity index (χ2v) is 12.1. The number of likely N-dealkylation sites (tertiary alicyclic amines) is 1. The molecule has 3 saturated heterocycles. The number of carbonyl (C=O) groups excluding carboxylic acids is 3. The van der Waals surface area contributed by atoms with Crippen LogP contribution in [0.2, 0.25) is 0 Å². The van der Waals surface area contributed by atoms with Crippen molar-refractivity contribution in [3.8, 4) is 0 Å². The Bertz CT molecular complexity index is 1430. The van der Waals surface area contributed by atoms with E-state index in [4.69, 9.17) is 4.74 Å². The fourth-order valence-electron chi connectivity index (χ4n) is 6.77. The van der Waals surface area contributed by atoms with Crippen LogP contribution in [0.15, 0.2) is 72.8 Å². The average Bonchev–Trinajstić information content (AvgIpc) is 3.55. The zero-order chi connectivity index (χ0) is 27.9. The number of halogens is 1. The van der Waals surface area contributed by atoms with E-state index in [-0.39, 0.29) is 29.2 Å². The Hall–Kier alpha value is -3.27. The van der Waals surface area contributed by atoms with Crippen molar-refractivity contribution in [3.05, 3.63) is 72.8 Å². The first-order valence-electron chi connectivity index (χ1n) is 13.8. The number of fused-ring (bicyclic) bond motifs is 2. The molecule has 3 N–H and O–H groups in total. The lowest BCUT2D eigenvalue weighted by Crippen LogP contribution is -2.54. The van der Waals surface area contributed by atoms with Gasteiger partial charge in [-0.05, 0) is 60.7 Å². The summed E-state index contributed by atoms with van der Waals surface area (Å²) in [6, 6.07) is 21.9. The lowest BCUT2D eigenvalue weighted by molar-refractivity contribution is -0.139. The summed E-state index contributed by atoms with van der Waals surface area (Å²) in [5.41, 5.74) is 0.164. The highest BCUT2D eigenvalue weighted by Crippen LogP contribution is 2.60. The number of benzene rings is 3. The van der Waals surface area contributed by atoms with Gasteiger partial charge in [0.2, 0.25) is 17.7 Å². The molecule has 8 nitrogen and oxygen atoms in total. The van der Waals surface area contributed by atoms with Crippen LogP contribution in [-0.4, -0.2) is 63.5 Å². The third-order valence-electron chi connectivity index (χ3n) is 8.46. The first-order valence-corrected chi connectivity index (χ1v) is 14.7. The van der Waals surface area contributed by atoms with E-state index in [0.29, 0.717) is 37.2 Å². The van der Waals surface area contributed by atoms with Gasteiger partial charge in [-0.25, -0.2) is 0 Å². The van der Waals surface area contributed by atoms with E-state index in [1.165, 1.54) is 0 Å². The Labute approximate surface area is 241 Å². The summed E-state index contributed by atoms with van der Waals surface area (Å²) in [5, 5.41) is 17.3. The molecule has 6 atom stereocenters. The van der Waals surface area contributed by atoms with Gasteiger partial charge in [-0.3, -0.25) is 14.4 Å². The highest BCUT2D eigenvalue weighted by molar-refractivity contribution is 9.09. The van der Waals surface area contributed by atoms with Crippen molar-refractivity contribution in [2.75, 3.05) is 23.8 Å². The second-order valence-electron chi connectivity index (χ2n) is 10.9. The van der Waals surface area contributed by atoms with Crippen molar-refractivity contribution in [2.24, 2.45) is 11.8 Å². The number of anilines is 2. The number of aliphatic hydroxyl groups is 1. The minimum absolute atomic E-state index is 0.0736. The topological polar surface area (TPSA) is 108 Å². The van der Waals surface area contributed by atoms with Crippen LogP contribution in [0, 0.1) is 11.8 Å². The number of alkyl halides is 1.